The molecule has 0 saturated carbocycles. The lowest BCUT2D eigenvalue weighted by Crippen LogP contribution is -2.22. The molecule has 0 aliphatic carbocycles. The number of rotatable bonds is 5. The van der Waals surface area contributed by atoms with Crippen LogP contribution in [0.25, 0.3) is 0 Å². The van der Waals surface area contributed by atoms with Crippen LogP contribution in [0.1, 0.15) is 20.7 Å². The summed E-state index contributed by atoms with van der Waals surface area (Å²) in [5, 5.41) is 2.66. The first-order valence-corrected chi connectivity index (χ1v) is 9.54. The molecule has 8 heteroatoms. The average Bonchev–Trinajstić information content (AvgIpc) is 2.60. The zero-order chi connectivity index (χ0) is 19.5. The lowest BCUT2D eigenvalue weighted by Gasteiger charge is -2.14. The summed E-state index contributed by atoms with van der Waals surface area (Å²) in [5.41, 5.74) is 0.880. The van der Waals surface area contributed by atoms with E-state index in [0.717, 1.165) is 6.26 Å². The number of amides is 2. The highest BCUT2D eigenvalue weighted by atomic mass is 32.2. The second-order valence-electron chi connectivity index (χ2n) is 5.87. The molecule has 7 nitrogen and oxygen atoms in total. The van der Waals surface area contributed by atoms with Crippen LogP contribution in [0.5, 0.6) is 5.75 Å². The normalized spacial score (nSPS) is 10.9. The van der Waals surface area contributed by atoms with Crippen LogP contribution >= 0.6 is 0 Å². The zero-order valence-electron chi connectivity index (χ0n) is 14.9. The maximum atomic E-state index is 12.5. The Morgan fingerprint density at radius 3 is 2.31 bits per heavy atom. The van der Waals surface area contributed by atoms with E-state index in [9.17, 15) is 18.0 Å². The Kier molecular flexibility index (Phi) is 5.66. The van der Waals surface area contributed by atoms with E-state index in [4.69, 9.17) is 4.74 Å². The molecule has 0 radical (unpaired) electrons. The largest absolute Gasteiger partial charge is 0.495 e. The number of carbonyl (C=O) groups excluding carboxylic acids is 2. The molecule has 0 saturated heterocycles. The van der Waals surface area contributed by atoms with Gasteiger partial charge in [0.2, 0.25) is 0 Å². The number of ether oxygens (including phenoxy) is 1. The van der Waals surface area contributed by atoms with Crippen molar-refractivity contribution in [3.05, 3.63) is 53.6 Å². The van der Waals surface area contributed by atoms with Crippen molar-refractivity contribution in [2.45, 2.75) is 4.90 Å². The molecule has 0 bridgehead atoms. The highest BCUT2D eigenvalue weighted by Gasteiger charge is 2.16. The third-order valence-electron chi connectivity index (χ3n) is 3.63. The molecule has 0 aliphatic heterocycles. The lowest BCUT2D eigenvalue weighted by atomic mass is 10.1. The lowest BCUT2D eigenvalue weighted by molar-refractivity contribution is 0.0827. The van der Waals surface area contributed by atoms with Crippen molar-refractivity contribution in [2.24, 2.45) is 0 Å². The first-order valence-electron chi connectivity index (χ1n) is 7.64. The summed E-state index contributed by atoms with van der Waals surface area (Å²) in [6.45, 7) is 0. The minimum atomic E-state index is -3.43. The number of hydrogen-bond acceptors (Lipinski definition) is 5. The number of nitrogens with one attached hydrogen (secondary N) is 1. The van der Waals surface area contributed by atoms with Crippen LogP contribution in [-0.4, -0.2) is 52.6 Å². The summed E-state index contributed by atoms with van der Waals surface area (Å²) >= 11 is 0. The van der Waals surface area contributed by atoms with Gasteiger partial charge in [0.15, 0.2) is 9.84 Å². The maximum Gasteiger partial charge on any atom is 0.255 e. The second-order valence-corrected chi connectivity index (χ2v) is 7.88. The number of methoxy groups -OCH3 is 1. The van der Waals surface area contributed by atoms with Gasteiger partial charge in [-0.25, -0.2) is 8.42 Å². The Morgan fingerprint density at radius 1 is 1.04 bits per heavy atom. The molecular formula is C18H20N2O5S. The Balaban J connectivity index is 2.36. The molecule has 138 valence electrons. The van der Waals surface area contributed by atoms with Gasteiger partial charge in [-0.1, -0.05) is 6.07 Å². The van der Waals surface area contributed by atoms with Gasteiger partial charge in [-0.15, -0.1) is 0 Å². The molecule has 2 aromatic rings. The maximum absolute atomic E-state index is 12.5. The molecule has 0 atom stereocenters. The fraction of sp³-hybridized carbons (Fsp3) is 0.222. The second kappa shape index (κ2) is 7.57. The van der Waals surface area contributed by atoms with Crippen molar-refractivity contribution in [3.63, 3.8) is 0 Å². The fourth-order valence-corrected chi connectivity index (χ4v) is 2.93. The fourth-order valence-electron chi connectivity index (χ4n) is 2.26. The van der Waals surface area contributed by atoms with Crippen LogP contribution in [0.3, 0.4) is 0 Å². The van der Waals surface area contributed by atoms with E-state index in [1.165, 1.54) is 42.3 Å². The van der Waals surface area contributed by atoms with Crippen LogP contribution in [0, 0.1) is 0 Å². The first-order chi connectivity index (χ1) is 12.1. The summed E-state index contributed by atoms with van der Waals surface area (Å²) in [6.07, 6.45) is 1.07. The van der Waals surface area contributed by atoms with Crippen molar-refractivity contribution in [1.82, 2.24) is 4.90 Å². The van der Waals surface area contributed by atoms with Crippen LogP contribution < -0.4 is 10.1 Å². The molecule has 0 spiro atoms. The molecule has 0 heterocycles. The molecular weight excluding hydrogens is 356 g/mol. The molecule has 2 amide bonds. The zero-order valence-corrected chi connectivity index (χ0v) is 15.8. The molecule has 26 heavy (non-hydrogen) atoms. The Labute approximate surface area is 152 Å². The van der Waals surface area contributed by atoms with Crippen molar-refractivity contribution in [3.8, 4) is 5.75 Å². The highest BCUT2D eigenvalue weighted by molar-refractivity contribution is 7.90. The van der Waals surface area contributed by atoms with Crippen LogP contribution in [0.2, 0.25) is 0 Å². The Bertz CT molecular complexity index is 952. The SMILES string of the molecule is COc1ccc(C(=O)N(C)C)cc1NC(=O)c1cccc(S(C)(=O)=O)c1. The van der Waals surface area contributed by atoms with E-state index in [1.54, 1.807) is 26.2 Å². The van der Waals surface area contributed by atoms with Gasteiger partial charge in [0.05, 0.1) is 17.7 Å². The highest BCUT2D eigenvalue weighted by Crippen LogP contribution is 2.26. The molecule has 0 fully saturated rings. The smallest absolute Gasteiger partial charge is 0.255 e. The van der Waals surface area contributed by atoms with E-state index in [-0.39, 0.29) is 16.4 Å². The predicted octanol–water partition coefficient (Wildman–Crippen LogP) is 2.05. The van der Waals surface area contributed by atoms with Gasteiger partial charge < -0.3 is 15.0 Å². The summed E-state index contributed by atoms with van der Waals surface area (Å²) in [6, 6.07) is 10.4. The number of benzene rings is 2. The van der Waals surface area contributed by atoms with Gasteiger partial charge >= 0.3 is 0 Å². The molecule has 0 aliphatic rings. The van der Waals surface area contributed by atoms with Crippen molar-refractivity contribution in [1.29, 1.82) is 0 Å². The standard InChI is InChI=1S/C18H20N2O5S/c1-20(2)18(22)13-8-9-16(25-3)15(11-13)19-17(21)12-6-5-7-14(10-12)26(4,23)24/h5-11H,1-4H3,(H,19,21). The minimum absolute atomic E-state index is 0.0497. The van der Waals surface area contributed by atoms with E-state index >= 15 is 0 Å². The van der Waals surface area contributed by atoms with E-state index < -0.39 is 15.7 Å². The van der Waals surface area contributed by atoms with Crippen LogP contribution in [0.15, 0.2) is 47.4 Å². The number of carbonyl (C=O) groups is 2. The van der Waals surface area contributed by atoms with Gasteiger partial charge in [-0.05, 0) is 36.4 Å². The quantitative estimate of drug-likeness (QED) is 0.862. The van der Waals surface area contributed by atoms with Crippen molar-refractivity contribution < 1.29 is 22.7 Å². The summed E-state index contributed by atoms with van der Waals surface area (Å²) in [7, 11) is 1.27. The summed E-state index contributed by atoms with van der Waals surface area (Å²) < 4.78 is 28.5. The average molecular weight is 376 g/mol. The van der Waals surface area contributed by atoms with Gasteiger partial charge in [-0.2, -0.15) is 0 Å². The van der Waals surface area contributed by atoms with Crippen LogP contribution in [0.4, 0.5) is 5.69 Å². The van der Waals surface area contributed by atoms with Crippen molar-refractivity contribution in [2.75, 3.05) is 32.8 Å². The van der Waals surface area contributed by atoms with Crippen molar-refractivity contribution >= 4 is 27.3 Å². The Morgan fingerprint density at radius 2 is 1.73 bits per heavy atom. The molecule has 2 rings (SSSR count). The van der Waals surface area contributed by atoms with E-state index in [2.05, 4.69) is 5.32 Å². The van der Waals surface area contributed by atoms with Gasteiger partial charge in [-0.3, -0.25) is 9.59 Å². The summed E-state index contributed by atoms with van der Waals surface area (Å²) in [4.78, 5) is 26.1. The number of sulfone groups is 1. The summed E-state index contributed by atoms with van der Waals surface area (Å²) in [5.74, 6) is -0.349. The topological polar surface area (TPSA) is 92.8 Å². The molecule has 0 unspecified atom stereocenters. The molecule has 2 aromatic carbocycles. The number of hydrogen-bond donors (Lipinski definition) is 1. The molecule has 0 aromatic heterocycles. The van der Waals surface area contributed by atoms with E-state index in [1.807, 2.05) is 0 Å². The monoisotopic (exact) mass is 376 g/mol. The van der Waals surface area contributed by atoms with Gasteiger partial charge in [0, 0.05) is 31.5 Å². The number of anilines is 1. The third-order valence-corrected chi connectivity index (χ3v) is 4.74. The van der Waals surface area contributed by atoms with Crippen LogP contribution in [-0.2, 0) is 9.84 Å². The first kappa shape index (κ1) is 19.5. The van der Waals surface area contributed by atoms with Gasteiger partial charge in [0.1, 0.15) is 5.75 Å². The Hall–Kier alpha value is -2.87. The minimum Gasteiger partial charge on any atom is -0.495 e. The van der Waals surface area contributed by atoms with Gasteiger partial charge in [0.25, 0.3) is 11.8 Å². The number of nitrogens with zero attached hydrogens (tertiary/aromatic N) is 1. The predicted molar refractivity (Wildman–Crippen MR) is 98.5 cm³/mol. The third kappa shape index (κ3) is 4.40. The molecule has 1 N–H and O–H groups in total. The van der Waals surface area contributed by atoms with E-state index in [0.29, 0.717) is 17.0 Å².